The van der Waals surface area contributed by atoms with E-state index in [0.717, 1.165) is 22.8 Å². The van der Waals surface area contributed by atoms with Crippen LogP contribution in [0.3, 0.4) is 0 Å². The van der Waals surface area contributed by atoms with Crippen molar-refractivity contribution in [3.05, 3.63) is 94.5 Å². The van der Waals surface area contributed by atoms with Crippen molar-refractivity contribution in [1.82, 2.24) is 5.43 Å². The summed E-state index contributed by atoms with van der Waals surface area (Å²) >= 11 is 12.3. The first-order valence-corrected chi connectivity index (χ1v) is 8.48. The van der Waals surface area contributed by atoms with Crippen LogP contribution in [0.25, 0.3) is 0 Å². The van der Waals surface area contributed by atoms with Crippen molar-refractivity contribution in [3.63, 3.8) is 0 Å². The minimum atomic E-state index is 0.645. The van der Waals surface area contributed by atoms with Gasteiger partial charge in [-0.15, -0.1) is 5.10 Å². The molecule has 25 heavy (non-hydrogen) atoms. The highest BCUT2D eigenvalue weighted by Crippen LogP contribution is 2.28. The molecule has 3 aromatic rings. The molecule has 1 aliphatic rings. The molecule has 0 atom stereocenters. The van der Waals surface area contributed by atoms with Gasteiger partial charge >= 0.3 is 0 Å². The van der Waals surface area contributed by atoms with Crippen LogP contribution in [-0.2, 0) is 0 Å². The Labute approximate surface area is 155 Å². The average Bonchev–Trinajstić information content (AvgIpc) is 3.08. The molecule has 6 heteroatoms. The highest BCUT2D eigenvalue weighted by Gasteiger charge is 2.26. The lowest BCUT2D eigenvalue weighted by Crippen LogP contribution is -2.44. The number of halogens is 2. The number of amidine groups is 1. The van der Waals surface area contributed by atoms with E-state index < -0.39 is 0 Å². The summed E-state index contributed by atoms with van der Waals surface area (Å²) < 4.78 is 0. The van der Waals surface area contributed by atoms with Gasteiger partial charge in [0.05, 0.1) is 11.4 Å². The van der Waals surface area contributed by atoms with Crippen molar-refractivity contribution in [1.29, 1.82) is 0 Å². The number of hydrazone groups is 1. The number of nitrogens with one attached hydrogen (secondary N) is 1. The number of hydrazine groups is 2. The van der Waals surface area contributed by atoms with Crippen LogP contribution < -0.4 is 15.7 Å². The van der Waals surface area contributed by atoms with Crippen LogP contribution in [0, 0.1) is 0 Å². The normalized spacial score (nSPS) is 13.6. The lowest BCUT2D eigenvalue weighted by atomic mass is 10.2. The van der Waals surface area contributed by atoms with Crippen molar-refractivity contribution in [2.45, 2.75) is 0 Å². The van der Waals surface area contributed by atoms with Crippen LogP contribution in [0.15, 0.2) is 84.0 Å². The fourth-order valence-electron chi connectivity index (χ4n) is 2.58. The third-order valence-corrected chi connectivity index (χ3v) is 4.21. The van der Waals surface area contributed by atoms with Gasteiger partial charge in [-0.05, 0) is 36.4 Å². The SMILES string of the molecule is Clc1cccc(N2N=C(c3ccccc3)NN2c2cccc(Cl)c2)c1. The van der Waals surface area contributed by atoms with Crippen molar-refractivity contribution in [2.24, 2.45) is 5.10 Å². The minimum Gasteiger partial charge on any atom is -0.259 e. The predicted octanol–water partition coefficient (Wildman–Crippen LogP) is 5.10. The second kappa shape index (κ2) is 6.67. The predicted molar refractivity (Wildman–Crippen MR) is 104 cm³/mol. The first-order valence-electron chi connectivity index (χ1n) is 7.73. The van der Waals surface area contributed by atoms with Crippen LogP contribution in [0.2, 0.25) is 10.0 Å². The summed E-state index contributed by atoms with van der Waals surface area (Å²) in [4.78, 5) is 0. The Kier molecular flexibility index (Phi) is 4.22. The van der Waals surface area contributed by atoms with Gasteiger partial charge < -0.3 is 0 Å². The van der Waals surface area contributed by atoms with E-state index in [1.807, 2.05) is 84.0 Å². The highest BCUT2D eigenvalue weighted by atomic mass is 35.5. The Morgan fingerprint density at radius 3 is 2.04 bits per heavy atom. The summed E-state index contributed by atoms with van der Waals surface area (Å²) in [6.45, 7) is 0. The summed E-state index contributed by atoms with van der Waals surface area (Å²) in [7, 11) is 0. The Bertz CT molecular complexity index is 927. The van der Waals surface area contributed by atoms with Crippen LogP contribution in [-0.4, -0.2) is 5.84 Å². The second-order valence-corrected chi connectivity index (χ2v) is 6.36. The zero-order valence-electron chi connectivity index (χ0n) is 13.1. The molecule has 0 bridgehead atoms. The van der Waals surface area contributed by atoms with Gasteiger partial charge in [0.25, 0.3) is 0 Å². The number of benzene rings is 3. The van der Waals surface area contributed by atoms with E-state index in [4.69, 9.17) is 28.3 Å². The molecule has 0 fully saturated rings. The first-order chi connectivity index (χ1) is 12.2. The average molecular weight is 369 g/mol. The largest absolute Gasteiger partial charge is 0.259 e. The molecule has 4 rings (SSSR count). The maximum absolute atomic E-state index is 6.16. The van der Waals surface area contributed by atoms with Gasteiger partial charge in [0, 0.05) is 15.6 Å². The van der Waals surface area contributed by atoms with E-state index in [1.54, 1.807) is 5.12 Å². The third kappa shape index (κ3) is 3.27. The summed E-state index contributed by atoms with van der Waals surface area (Å²) in [5.74, 6) is 0.737. The number of rotatable bonds is 3. The summed E-state index contributed by atoms with van der Waals surface area (Å²) in [5.41, 5.74) is 6.01. The van der Waals surface area contributed by atoms with Crippen LogP contribution >= 0.6 is 23.2 Å². The van der Waals surface area contributed by atoms with Crippen molar-refractivity contribution in [3.8, 4) is 0 Å². The van der Waals surface area contributed by atoms with E-state index in [1.165, 1.54) is 0 Å². The standard InChI is InChI=1S/C19H14Cl2N4/c20-15-8-4-10-17(12-15)24-22-19(14-6-2-1-3-7-14)23-25(24)18-11-5-9-16(21)13-18/h1-13H,(H,22,23). The number of hydrogen-bond acceptors (Lipinski definition) is 4. The zero-order valence-corrected chi connectivity index (χ0v) is 14.6. The molecule has 0 radical (unpaired) electrons. The van der Waals surface area contributed by atoms with Gasteiger partial charge in [0.1, 0.15) is 0 Å². The molecule has 0 aromatic heterocycles. The van der Waals surface area contributed by atoms with Gasteiger partial charge in [-0.1, -0.05) is 65.7 Å². The Hall–Kier alpha value is -2.69. The van der Waals surface area contributed by atoms with E-state index >= 15 is 0 Å². The molecular formula is C19H14Cl2N4. The van der Waals surface area contributed by atoms with Gasteiger partial charge in [0.2, 0.25) is 0 Å². The quantitative estimate of drug-likeness (QED) is 0.697. The lowest BCUT2D eigenvalue weighted by molar-refractivity contribution is 0.771. The summed E-state index contributed by atoms with van der Waals surface area (Å²) in [5, 5.41) is 9.61. The van der Waals surface area contributed by atoms with Gasteiger partial charge in [0.15, 0.2) is 5.84 Å². The molecule has 1 N–H and O–H groups in total. The topological polar surface area (TPSA) is 30.9 Å². The summed E-state index contributed by atoms with van der Waals surface area (Å²) in [6.07, 6.45) is 0. The van der Waals surface area contributed by atoms with Gasteiger partial charge in [-0.25, -0.2) is 0 Å². The molecule has 0 spiro atoms. The molecule has 4 nitrogen and oxygen atoms in total. The third-order valence-electron chi connectivity index (χ3n) is 3.74. The van der Waals surface area contributed by atoms with Crippen molar-refractivity contribution >= 4 is 40.4 Å². The maximum atomic E-state index is 6.16. The Morgan fingerprint density at radius 2 is 1.36 bits per heavy atom. The van der Waals surface area contributed by atoms with Crippen molar-refractivity contribution in [2.75, 3.05) is 10.2 Å². The number of anilines is 2. The highest BCUT2D eigenvalue weighted by molar-refractivity contribution is 6.31. The Morgan fingerprint density at radius 1 is 0.720 bits per heavy atom. The second-order valence-electron chi connectivity index (χ2n) is 5.49. The molecule has 0 aliphatic carbocycles. The first kappa shape index (κ1) is 15.8. The summed E-state index contributed by atoms with van der Waals surface area (Å²) in [6, 6.07) is 25.0. The molecule has 0 saturated carbocycles. The zero-order chi connectivity index (χ0) is 17.2. The maximum Gasteiger partial charge on any atom is 0.176 e. The van der Waals surface area contributed by atoms with E-state index in [9.17, 15) is 0 Å². The van der Waals surface area contributed by atoms with E-state index in [0.29, 0.717) is 10.0 Å². The fourth-order valence-corrected chi connectivity index (χ4v) is 2.95. The molecule has 1 heterocycles. The lowest BCUT2D eigenvalue weighted by Gasteiger charge is -2.28. The molecule has 124 valence electrons. The van der Waals surface area contributed by atoms with E-state index in [2.05, 4.69) is 5.43 Å². The fraction of sp³-hybridized carbons (Fsp3) is 0. The molecule has 3 aromatic carbocycles. The van der Waals surface area contributed by atoms with Crippen LogP contribution in [0.4, 0.5) is 11.4 Å². The monoisotopic (exact) mass is 368 g/mol. The van der Waals surface area contributed by atoms with E-state index in [-0.39, 0.29) is 0 Å². The van der Waals surface area contributed by atoms with Crippen LogP contribution in [0.1, 0.15) is 5.56 Å². The molecular weight excluding hydrogens is 355 g/mol. The van der Waals surface area contributed by atoms with Crippen molar-refractivity contribution < 1.29 is 0 Å². The Balaban J connectivity index is 1.78. The molecule has 0 amide bonds. The van der Waals surface area contributed by atoms with Crippen LogP contribution in [0.5, 0.6) is 0 Å². The molecule has 1 aliphatic heterocycles. The number of hydrogen-bond donors (Lipinski definition) is 1. The minimum absolute atomic E-state index is 0.645. The van der Waals surface area contributed by atoms with Gasteiger partial charge in [-0.2, -0.15) is 10.2 Å². The smallest absolute Gasteiger partial charge is 0.176 e. The molecule has 0 saturated heterocycles. The molecule has 0 unspecified atom stereocenters. The number of nitrogens with zero attached hydrogens (tertiary/aromatic N) is 3. The van der Waals surface area contributed by atoms with Gasteiger partial charge in [-0.3, -0.25) is 5.43 Å².